The largest absolute Gasteiger partial charge is 0.341 e. The van der Waals surface area contributed by atoms with Crippen molar-refractivity contribution < 1.29 is 9.46 Å². The fourth-order valence-electron chi connectivity index (χ4n) is 3.79. The van der Waals surface area contributed by atoms with E-state index in [0.29, 0.717) is 16.6 Å². The van der Waals surface area contributed by atoms with Crippen LogP contribution in [0.3, 0.4) is 0 Å². The van der Waals surface area contributed by atoms with Gasteiger partial charge in [-0.05, 0) is 61.9 Å². The zero-order chi connectivity index (χ0) is 21.8. The van der Waals surface area contributed by atoms with Gasteiger partial charge in [-0.25, -0.2) is 0 Å². The maximum atomic E-state index is 12.1. The topological polar surface area (TPSA) is 84.8 Å². The maximum absolute atomic E-state index is 12.1. The van der Waals surface area contributed by atoms with Crippen molar-refractivity contribution in [3.05, 3.63) is 84.4 Å². The molecule has 0 spiro atoms. The Bertz CT molecular complexity index is 1480. The molecule has 0 fully saturated rings. The Morgan fingerprint density at radius 2 is 1.84 bits per heavy atom. The summed E-state index contributed by atoms with van der Waals surface area (Å²) < 4.78 is 15.9. The fraction of sp³-hybridized carbons (Fsp3) is 0.174. The molecule has 5 aromatic rings. The zero-order valence-corrected chi connectivity index (χ0v) is 18.4. The van der Waals surface area contributed by atoms with E-state index in [9.17, 15) is 9.46 Å². The average Bonchev–Trinajstić information content (AvgIpc) is 3.39. The van der Waals surface area contributed by atoms with Crippen molar-refractivity contribution in [1.82, 2.24) is 24.2 Å². The van der Waals surface area contributed by atoms with Gasteiger partial charge in [-0.15, -0.1) is 10.2 Å². The highest BCUT2D eigenvalue weighted by atomic mass is 31.2. The highest BCUT2D eigenvalue weighted by molar-refractivity contribution is 7.65. The molecule has 1 atom stereocenters. The second-order valence-electron chi connectivity index (χ2n) is 8.32. The number of nitrogens with zero attached hydrogens (tertiary/aromatic N) is 5. The van der Waals surface area contributed by atoms with Crippen LogP contribution in [0.2, 0.25) is 0 Å². The molecule has 0 aliphatic heterocycles. The number of hydrogen-bond acceptors (Lipinski definition) is 4. The van der Waals surface area contributed by atoms with E-state index < -0.39 is 12.8 Å². The Morgan fingerprint density at radius 3 is 2.65 bits per heavy atom. The molecule has 1 aromatic carbocycles. The van der Waals surface area contributed by atoms with E-state index in [1.54, 1.807) is 22.7 Å². The van der Waals surface area contributed by atoms with Crippen LogP contribution in [0.5, 0.6) is 0 Å². The maximum Gasteiger partial charge on any atom is 0.226 e. The first-order valence-electron chi connectivity index (χ1n) is 9.95. The van der Waals surface area contributed by atoms with Crippen LogP contribution in [-0.2, 0) is 9.98 Å². The summed E-state index contributed by atoms with van der Waals surface area (Å²) in [5.74, 6) is 0.718. The van der Waals surface area contributed by atoms with Crippen LogP contribution in [0, 0.1) is 0 Å². The molecule has 0 bridgehead atoms. The van der Waals surface area contributed by atoms with Gasteiger partial charge in [-0.2, -0.15) is 9.61 Å². The number of benzene rings is 1. The summed E-state index contributed by atoms with van der Waals surface area (Å²) in [6.45, 7) is 5.54. The van der Waals surface area contributed by atoms with Crippen LogP contribution >= 0.6 is 7.37 Å². The van der Waals surface area contributed by atoms with Crippen LogP contribution in [0.4, 0.5) is 0 Å². The third-order valence-electron chi connectivity index (χ3n) is 5.69. The van der Waals surface area contributed by atoms with Crippen molar-refractivity contribution in [3.63, 3.8) is 0 Å². The molecule has 1 N–H and O–H groups in total. The first-order valence-corrected chi connectivity index (χ1v) is 12.1. The number of rotatable bonds is 4. The first kappa shape index (κ1) is 19.7. The van der Waals surface area contributed by atoms with Gasteiger partial charge in [-0.1, -0.05) is 18.2 Å². The van der Waals surface area contributed by atoms with Gasteiger partial charge in [0.05, 0.1) is 11.1 Å². The standard InChI is InChI=1S/C23H22N5O2P/c1-23(2,17-9-10-18-7-5-13-27(18)15-17)22-25-24-21-12-11-20(26-28(21)22)16-6-4-8-19(14-16)31(3,29)30/h4-15H,1-3H3,(H,29,30). The number of hydrogen-bond donors (Lipinski definition) is 1. The molecular weight excluding hydrogens is 409 g/mol. The lowest BCUT2D eigenvalue weighted by Gasteiger charge is -2.23. The summed E-state index contributed by atoms with van der Waals surface area (Å²) in [6, 6.07) is 19.0. The Kier molecular flexibility index (Phi) is 4.36. The molecule has 0 saturated carbocycles. The molecule has 8 heteroatoms. The van der Waals surface area contributed by atoms with E-state index in [-0.39, 0.29) is 0 Å². The van der Waals surface area contributed by atoms with Crippen molar-refractivity contribution >= 4 is 23.8 Å². The van der Waals surface area contributed by atoms with Gasteiger partial charge in [0.15, 0.2) is 11.5 Å². The SMILES string of the molecule is CC(C)(c1ccc2cccn2c1)c1nnc2ccc(-c3cccc(P(C)(=O)O)c3)nn12. The third kappa shape index (κ3) is 3.36. The number of aromatic nitrogens is 5. The van der Waals surface area contributed by atoms with Crippen LogP contribution in [0.1, 0.15) is 25.2 Å². The summed E-state index contributed by atoms with van der Waals surface area (Å²) in [6.07, 6.45) is 4.12. The lowest BCUT2D eigenvalue weighted by molar-refractivity contribution is 0.496. The molecule has 31 heavy (non-hydrogen) atoms. The average molecular weight is 431 g/mol. The van der Waals surface area contributed by atoms with Crippen molar-refractivity contribution in [1.29, 1.82) is 0 Å². The molecule has 4 aromatic heterocycles. The molecule has 0 radical (unpaired) electrons. The molecule has 7 nitrogen and oxygen atoms in total. The minimum atomic E-state index is -3.35. The highest BCUT2D eigenvalue weighted by Gasteiger charge is 2.30. The highest BCUT2D eigenvalue weighted by Crippen LogP contribution is 2.35. The van der Waals surface area contributed by atoms with Crippen LogP contribution in [0.15, 0.2) is 73.1 Å². The second kappa shape index (κ2) is 6.87. The van der Waals surface area contributed by atoms with Gasteiger partial charge in [-0.3, -0.25) is 4.57 Å². The molecule has 4 heterocycles. The lowest BCUT2D eigenvalue weighted by Crippen LogP contribution is -2.24. The van der Waals surface area contributed by atoms with E-state index >= 15 is 0 Å². The monoisotopic (exact) mass is 431 g/mol. The molecule has 0 aliphatic carbocycles. The predicted octanol–water partition coefficient (Wildman–Crippen LogP) is 3.90. The molecule has 0 amide bonds. The van der Waals surface area contributed by atoms with E-state index in [2.05, 4.69) is 52.8 Å². The second-order valence-corrected chi connectivity index (χ2v) is 10.6. The smallest absolute Gasteiger partial charge is 0.226 e. The van der Waals surface area contributed by atoms with Gasteiger partial charge in [0.2, 0.25) is 7.37 Å². The van der Waals surface area contributed by atoms with E-state index in [0.717, 1.165) is 22.5 Å². The van der Waals surface area contributed by atoms with E-state index in [4.69, 9.17) is 5.10 Å². The zero-order valence-electron chi connectivity index (χ0n) is 17.5. The summed E-state index contributed by atoms with van der Waals surface area (Å²) >= 11 is 0. The predicted molar refractivity (Wildman–Crippen MR) is 121 cm³/mol. The minimum absolute atomic E-state index is 0.399. The Hall–Kier alpha value is -3.28. The minimum Gasteiger partial charge on any atom is -0.341 e. The molecular formula is C23H22N5O2P. The van der Waals surface area contributed by atoms with Gasteiger partial charge in [0, 0.05) is 35.4 Å². The van der Waals surface area contributed by atoms with Crippen molar-refractivity contribution in [2.45, 2.75) is 19.3 Å². The van der Waals surface area contributed by atoms with Crippen LogP contribution in [-0.4, -0.2) is 35.8 Å². The van der Waals surface area contributed by atoms with Crippen molar-refractivity contribution in [2.75, 3.05) is 6.66 Å². The number of pyridine rings is 1. The Balaban J connectivity index is 1.63. The van der Waals surface area contributed by atoms with Crippen molar-refractivity contribution in [2.24, 2.45) is 0 Å². The van der Waals surface area contributed by atoms with Gasteiger partial charge in [0.25, 0.3) is 0 Å². The third-order valence-corrected chi connectivity index (χ3v) is 6.92. The first-order chi connectivity index (χ1) is 14.7. The molecule has 5 rings (SSSR count). The summed E-state index contributed by atoms with van der Waals surface area (Å²) in [7, 11) is -3.35. The van der Waals surface area contributed by atoms with Crippen LogP contribution in [0.25, 0.3) is 22.4 Å². The molecule has 1 unspecified atom stereocenters. The molecule has 0 aliphatic rings. The summed E-state index contributed by atoms with van der Waals surface area (Å²) in [5.41, 5.74) is 3.86. The van der Waals surface area contributed by atoms with Gasteiger partial charge >= 0.3 is 0 Å². The Morgan fingerprint density at radius 1 is 1.00 bits per heavy atom. The Labute approximate surface area is 179 Å². The summed E-state index contributed by atoms with van der Waals surface area (Å²) in [4.78, 5) is 9.94. The van der Waals surface area contributed by atoms with Crippen molar-refractivity contribution in [3.8, 4) is 11.3 Å². The van der Waals surface area contributed by atoms with Crippen LogP contribution < -0.4 is 5.30 Å². The number of fused-ring (bicyclic) bond motifs is 2. The van der Waals surface area contributed by atoms with Gasteiger partial charge in [0.1, 0.15) is 0 Å². The quantitative estimate of drug-likeness (QED) is 0.437. The molecule has 0 saturated heterocycles. The fourth-order valence-corrected chi connectivity index (χ4v) is 4.53. The normalized spacial score (nSPS) is 14.2. The van der Waals surface area contributed by atoms with E-state index in [1.165, 1.54) is 6.66 Å². The lowest BCUT2D eigenvalue weighted by atomic mass is 9.85. The molecule has 156 valence electrons. The van der Waals surface area contributed by atoms with E-state index in [1.807, 2.05) is 30.5 Å². The van der Waals surface area contributed by atoms with Gasteiger partial charge < -0.3 is 9.29 Å². The summed E-state index contributed by atoms with van der Waals surface area (Å²) in [5, 5.41) is 14.0.